The van der Waals surface area contributed by atoms with Crippen LogP contribution in [0.4, 0.5) is 14.9 Å². The van der Waals surface area contributed by atoms with Gasteiger partial charge in [-0.2, -0.15) is 0 Å². The van der Waals surface area contributed by atoms with Crippen LogP contribution >= 0.6 is 0 Å². The summed E-state index contributed by atoms with van der Waals surface area (Å²) in [5.41, 5.74) is 2.79. The van der Waals surface area contributed by atoms with Gasteiger partial charge in [0, 0.05) is 31.4 Å². The standard InChI is InChI=1S/C28H35FN4O4/c1-18-15-33(19(2)17-34)27(35)24-12-21(20-8-5-4-6-9-20)14-30-26(24)37-25(18)16-32(3)28(36)31-23-11-7-10-22(29)13-23/h7-8,10-14,18-19,25,34H,4-6,9,15-17H2,1-3H3,(H,31,36)/t18-,19+,25-/m0/s1. The number of halogens is 1. The van der Waals surface area contributed by atoms with E-state index in [1.807, 2.05) is 13.0 Å². The Hall–Kier alpha value is -3.46. The van der Waals surface area contributed by atoms with Gasteiger partial charge >= 0.3 is 6.03 Å². The lowest BCUT2D eigenvalue weighted by Crippen LogP contribution is -2.50. The number of hydrogen-bond acceptors (Lipinski definition) is 5. The highest BCUT2D eigenvalue weighted by Crippen LogP contribution is 2.32. The predicted molar refractivity (Wildman–Crippen MR) is 140 cm³/mol. The quantitative estimate of drug-likeness (QED) is 0.594. The first-order chi connectivity index (χ1) is 17.8. The number of amides is 3. The fourth-order valence-corrected chi connectivity index (χ4v) is 4.73. The van der Waals surface area contributed by atoms with E-state index in [9.17, 15) is 19.1 Å². The molecule has 1 aliphatic carbocycles. The predicted octanol–water partition coefficient (Wildman–Crippen LogP) is 4.56. The van der Waals surface area contributed by atoms with Gasteiger partial charge in [0.2, 0.25) is 5.88 Å². The highest BCUT2D eigenvalue weighted by molar-refractivity contribution is 5.97. The Morgan fingerprint density at radius 3 is 2.86 bits per heavy atom. The largest absolute Gasteiger partial charge is 0.472 e. The number of likely N-dealkylation sites (N-methyl/N-ethyl adjacent to an activating group) is 1. The van der Waals surface area contributed by atoms with Crippen LogP contribution in [0.5, 0.6) is 5.88 Å². The van der Waals surface area contributed by atoms with Crippen molar-refractivity contribution < 1.29 is 23.8 Å². The Morgan fingerprint density at radius 2 is 2.16 bits per heavy atom. The number of allylic oxidation sites excluding steroid dienone is 2. The van der Waals surface area contributed by atoms with Gasteiger partial charge in [-0.05, 0) is 68.0 Å². The molecule has 198 valence electrons. The number of carbonyl (C=O) groups excluding carboxylic acids is 2. The number of urea groups is 1. The highest BCUT2D eigenvalue weighted by atomic mass is 19.1. The third-order valence-corrected chi connectivity index (χ3v) is 7.06. The molecule has 1 aromatic heterocycles. The van der Waals surface area contributed by atoms with Gasteiger partial charge in [-0.15, -0.1) is 0 Å². The zero-order valence-electron chi connectivity index (χ0n) is 21.6. The maximum absolute atomic E-state index is 13.6. The SMILES string of the molecule is C[C@H](CO)N1C[C@H](C)[C@H](CN(C)C(=O)Nc2cccc(F)c2)Oc2ncc(C3=CCCCC3)cc2C1=O. The average molecular weight is 511 g/mol. The number of carbonyl (C=O) groups is 2. The number of benzene rings is 1. The molecule has 1 aliphatic heterocycles. The fraction of sp³-hybridized carbons (Fsp3) is 0.464. The molecule has 37 heavy (non-hydrogen) atoms. The van der Waals surface area contributed by atoms with Crippen molar-refractivity contribution in [2.24, 2.45) is 5.92 Å². The molecule has 0 fully saturated rings. The van der Waals surface area contributed by atoms with Crippen LogP contribution in [0.3, 0.4) is 0 Å². The Morgan fingerprint density at radius 1 is 1.35 bits per heavy atom. The van der Waals surface area contributed by atoms with Gasteiger partial charge in [0.25, 0.3) is 5.91 Å². The normalized spacial score (nSPS) is 20.6. The smallest absolute Gasteiger partial charge is 0.321 e. The van der Waals surface area contributed by atoms with E-state index in [0.29, 0.717) is 17.8 Å². The van der Waals surface area contributed by atoms with Gasteiger partial charge in [0.05, 0.1) is 19.2 Å². The minimum absolute atomic E-state index is 0.168. The summed E-state index contributed by atoms with van der Waals surface area (Å²) in [5.74, 6) is -0.620. The second-order valence-corrected chi connectivity index (χ2v) is 10.00. The van der Waals surface area contributed by atoms with Crippen LogP contribution in [0.25, 0.3) is 5.57 Å². The molecule has 2 aliphatic rings. The van der Waals surface area contributed by atoms with Gasteiger partial charge < -0.3 is 25.0 Å². The molecule has 2 N–H and O–H groups in total. The number of anilines is 1. The molecule has 3 atom stereocenters. The van der Waals surface area contributed by atoms with Crippen LogP contribution in [0.15, 0.2) is 42.6 Å². The van der Waals surface area contributed by atoms with E-state index in [1.54, 1.807) is 31.1 Å². The number of pyridine rings is 1. The number of nitrogens with zero attached hydrogens (tertiary/aromatic N) is 3. The number of aliphatic hydroxyl groups excluding tert-OH is 1. The summed E-state index contributed by atoms with van der Waals surface area (Å²) in [5, 5.41) is 12.6. The zero-order valence-corrected chi connectivity index (χ0v) is 21.6. The number of nitrogens with one attached hydrogen (secondary N) is 1. The lowest BCUT2D eigenvalue weighted by atomic mass is 9.93. The molecular weight excluding hydrogens is 475 g/mol. The number of rotatable bonds is 6. The molecular formula is C28H35FN4O4. The van der Waals surface area contributed by atoms with Gasteiger partial charge in [-0.25, -0.2) is 14.2 Å². The zero-order chi connectivity index (χ0) is 26.5. The summed E-state index contributed by atoms with van der Waals surface area (Å²) in [4.78, 5) is 34.1. The summed E-state index contributed by atoms with van der Waals surface area (Å²) in [7, 11) is 1.63. The van der Waals surface area contributed by atoms with E-state index in [1.165, 1.54) is 28.7 Å². The summed E-state index contributed by atoms with van der Waals surface area (Å²) >= 11 is 0. The van der Waals surface area contributed by atoms with E-state index < -0.39 is 24.0 Å². The van der Waals surface area contributed by atoms with Crippen molar-refractivity contribution in [1.29, 1.82) is 0 Å². The maximum Gasteiger partial charge on any atom is 0.321 e. The molecule has 0 unspecified atom stereocenters. The topological polar surface area (TPSA) is 95.0 Å². The van der Waals surface area contributed by atoms with E-state index >= 15 is 0 Å². The van der Waals surface area contributed by atoms with E-state index in [0.717, 1.165) is 31.2 Å². The molecule has 1 aromatic carbocycles. The fourth-order valence-electron chi connectivity index (χ4n) is 4.73. The van der Waals surface area contributed by atoms with Crippen LogP contribution in [0, 0.1) is 11.7 Å². The van der Waals surface area contributed by atoms with Crippen molar-refractivity contribution in [2.75, 3.05) is 32.1 Å². The Kier molecular flexibility index (Phi) is 8.43. The van der Waals surface area contributed by atoms with E-state index in [-0.39, 0.29) is 30.9 Å². The number of hydrogen-bond donors (Lipinski definition) is 2. The maximum atomic E-state index is 13.6. The first kappa shape index (κ1) is 26.6. The number of aliphatic hydroxyl groups is 1. The number of fused-ring (bicyclic) bond motifs is 1. The molecule has 4 rings (SSSR count). The van der Waals surface area contributed by atoms with Gasteiger partial charge in [-0.1, -0.05) is 19.1 Å². The third-order valence-electron chi connectivity index (χ3n) is 7.06. The van der Waals surface area contributed by atoms with Crippen LogP contribution in [-0.2, 0) is 0 Å². The van der Waals surface area contributed by atoms with E-state index in [4.69, 9.17) is 4.74 Å². The molecule has 0 spiro atoms. The van der Waals surface area contributed by atoms with Crippen LogP contribution in [0.1, 0.15) is 55.5 Å². The second-order valence-electron chi connectivity index (χ2n) is 10.00. The van der Waals surface area contributed by atoms with Gasteiger partial charge in [0.1, 0.15) is 17.5 Å². The van der Waals surface area contributed by atoms with Crippen molar-refractivity contribution in [2.45, 2.75) is 51.7 Å². The van der Waals surface area contributed by atoms with Crippen molar-refractivity contribution in [3.63, 3.8) is 0 Å². The minimum Gasteiger partial charge on any atom is -0.472 e. The summed E-state index contributed by atoms with van der Waals surface area (Å²) in [6.07, 6.45) is 7.68. The van der Waals surface area contributed by atoms with Crippen LogP contribution in [-0.4, -0.2) is 70.7 Å². The molecule has 2 heterocycles. The number of aromatic nitrogens is 1. The van der Waals surface area contributed by atoms with Gasteiger partial charge in [0.15, 0.2) is 0 Å². The monoisotopic (exact) mass is 510 g/mol. The molecule has 2 aromatic rings. The lowest BCUT2D eigenvalue weighted by Gasteiger charge is -2.37. The Balaban J connectivity index is 1.60. The van der Waals surface area contributed by atoms with E-state index in [2.05, 4.69) is 16.4 Å². The molecule has 3 amide bonds. The molecule has 0 radical (unpaired) electrons. The van der Waals surface area contributed by atoms with Gasteiger partial charge in [-0.3, -0.25) is 4.79 Å². The first-order valence-electron chi connectivity index (χ1n) is 12.8. The van der Waals surface area contributed by atoms with Crippen LogP contribution < -0.4 is 10.1 Å². The van der Waals surface area contributed by atoms with Crippen LogP contribution in [0.2, 0.25) is 0 Å². The van der Waals surface area contributed by atoms with Crippen molar-refractivity contribution in [3.05, 3.63) is 59.5 Å². The van der Waals surface area contributed by atoms with Crippen molar-refractivity contribution in [3.8, 4) is 5.88 Å². The lowest BCUT2D eigenvalue weighted by molar-refractivity contribution is 0.0356. The molecule has 0 bridgehead atoms. The summed E-state index contributed by atoms with van der Waals surface area (Å²) < 4.78 is 19.8. The highest BCUT2D eigenvalue weighted by Gasteiger charge is 2.35. The summed E-state index contributed by atoms with van der Waals surface area (Å²) in [6, 6.07) is 6.74. The second kappa shape index (κ2) is 11.7. The third kappa shape index (κ3) is 6.28. The minimum atomic E-state index is -0.476. The summed E-state index contributed by atoms with van der Waals surface area (Å²) in [6.45, 7) is 4.14. The Labute approximate surface area is 217 Å². The van der Waals surface area contributed by atoms with Crippen molar-refractivity contribution in [1.82, 2.24) is 14.8 Å². The molecule has 0 saturated carbocycles. The Bertz CT molecular complexity index is 1170. The molecule has 8 nitrogen and oxygen atoms in total. The first-order valence-corrected chi connectivity index (χ1v) is 12.8. The molecule has 9 heteroatoms. The number of ether oxygens (including phenoxy) is 1. The van der Waals surface area contributed by atoms with Crippen molar-refractivity contribution >= 4 is 23.2 Å². The average Bonchev–Trinajstić information content (AvgIpc) is 2.90. The molecule has 0 saturated heterocycles.